The Kier molecular flexibility index (Phi) is 4.92. The van der Waals surface area contributed by atoms with E-state index in [0.29, 0.717) is 5.69 Å². The molecule has 1 amide bonds. The molecule has 0 bridgehead atoms. The van der Waals surface area contributed by atoms with Crippen LogP contribution in [-0.4, -0.2) is 59.8 Å². The van der Waals surface area contributed by atoms with Crippen molar-refractivity contribution in [2.75, 3.05) is 32.8 Å². The highest BCUT2D eigenvalue weighted by atomic mass is 16.5. The Hall–Kier alpha value is -1.66. The maximum Gasteiger partial charge on any atom is 0.255 e. The highest BCUT2D eigenvalue weighted by Gasteiger charge is 2.17. The molecule has 110 valence electrons. The first-order valence-corrected chi connectivity index (χ1v) is 6.83. The van der Waals surface area contributed by atoms with E-state index in [-0.39, 0.29) is 23.3 Å². The Morgan fingerprint density at radius 1 is 1.55 bits per heavy atom. The zero-order valence-corrected chi connectivity index (χ0v) is 11.9. The molecular formula is C14H21N3O3. The van der Waals surface area contributed by atoms with Crippen molar-refractivity contribution in [3.63, 3.8) is 0 Å². The predicted molar refractivity (Wildman–Crippen MR) is 74.8 cm³/mol. The number of amides is 1. The number of carbonyl (C=O) groups is 1. The third-order valence-corrected chi connectivity index (χ3v) is 3.28. The second-order valence-electron chi connectivity index (χ2n) is 5.13. The third kappa shape index (κ3) is 3.91. The summed E-state index contributed by atoms with van der Waals surface area (Å²) in [4.78, 5) is 18.3. The van der Waals surface area contributed by atoms with Crippen molar-refractivity contribution >= 4 is 5.91 Å². The summed E-state index contributed by atoms with van der Waals surface area (Å²) in [5, 5.41) is 12.6. The summed E-state index contributed by atoms with van der Waals surface area (Å²) < 4.78 is 5.29. The van der Waals surface area contributed by atoms with Gasteiger partial charge in [-0.05, 0) is 19.9 Å². The van der Waals surface area contributed by atoms with Crippen LogP contribution in [0.15, 0.2) is 12.3 Å². The molecule has 0 saturated carbocycles. The summed E-state index contributed by atoms with van der Waals surface area (Å²) in [6.07, 6.45) is 1.30. The molecule has 1 aliphatic rings. The van der Waals surface area contributed by atoms with Gasteiger partial charge < -0.3 is 15.2 Å². The molecule has 6 nitrogen and oxygen atoms in total. The van der Waals surface area contributed by atoms with Gasteiger partial charge in [-0.3, -0.25) is 14.7 Å². The minimum Gasteiger partial charge on any atom is -0.505 e. The molecule has 6 heteroatoms. The minimum absolute atomic E-state index is 0.00784. The van der Waals surface area contributed by atoms with E-state index in [9.17, 15) is 9.90 Å². The lowest BCUT2D eigenvalue weighted by atomic mass is 10.2. The van der Waals surface area contributed by atoms with E-state index in [1.165, 1.54) is 6.20 Å². The molecule has 1 aliphatic heterocycles. The van der Waals surface area contributed by atoms with Crippen LogP contribution < -0.4 is 5.32 Å². The maximum atomic E-state index is 12.1. The van der Waals surface area contributed by atoms with Gasteiger partial charge in [0.15, 0.2) is 0 Å². The number of pyridine rings is 1. The molecular weight excluding hydrogens is 258 g/mol. The molecule has 0 aliphatic carbocycles. The summed E-state index contributed by atoms with van der Waals surface area (Å²) in [5.74, 6) is -0.361. The fourth-order valence-electron chi connectivity index (χ4n) is 2.25. The highest BCUT2D eigenvalue weighted by molar-refractivity contribution is 5.96. The number of carbonyl (C=O) groups excluding carboxylic acids is 1. The number of hydrogen-bond acceptors (Lipinski definition) is 5. The van der Waals surface area contributed by atoms with E-state index in [4.69, 9.17) is 4.74 Å². The van der Waals surface area contributed by atoms with Crippen LogP contribution in [-0.2, 0) is 4.74 Å². The number of ether oxygens (including phenoxy) is 1. The summed E-state index contributed by atoms with van der Waals surface area (Å²) in [6.45, 7) is 7.78. The summed E-state index contributed by atoms with van der Waals surface area (Å²) >= 11 is 0. The Bertz CT molecular complexity index is 473. The van der Waals surface area contributed by atoms with Crippen molar-refractivity contribution < 1.29 is 14.6 Å². The van der Waals surface area contributed by atoms with Crippen LogP contribution in [0.25, 0.3) is 0 Å². The SMILES string of the molecule is Cc1cc(C(=O)NC(C)CN2CCOCC2)c(O)cn1. The van der Waals surface area contributed by atoms with Crippen molar-refractivity contribution in [2.45, 2.75) is 19.9 Å². The lowest BCUT2D eigenvalue weighted by Gasteiger charge is -2.29. The van der Waals surface area contributed by atoms with Crippen LogP contribution in [0.4, 0.5) is 0 Å². The molecule has 1 unspecified atom stereocenters. The molecule has 0 aromatic carbocycles. The molecule has 1 aromatic rings. The summed E-state index contributed by atoms with van der Waals surface area (Å²) in [5.41, 5.74) is 0.972. The second kappa shape index (κ2) is 6.67. The van der Waals surface area contributed by atoms with Crippen LogP contribution in [0.2, 0.25) is 0 Å². The van der Waals surface area contributed by atoms with Crippen LogP contribution in [0, 0.1) is 6.92 Å². The van der Waals surface area contributed by atoms with Gasteiger partial charge in [0, 0.05) is 31.4 Å². The minimum atomic E-state index is -0.270. The fourth-order valence-corrected chi connectivity index (χ4v) is 2.25. The zero-order chi connectivity index (χ0) is 14.5. The molecule has 0 spiro atoms. The number of hydrogen-bond donors (Lipinski definition) is 2. The quantitative estimate of drug-likeness (QED) is 0.841. The number of nitrogens with one attached hydrogen (secondary N) is 1. The smallest absolute Gasteiger partial charge is 0.255 e. The van der Waals surface area contributed by atoms with Crippen molar-refractivity contribution in [3.05, 3.63) is 23.5 Å². The van der Waals surface area contributed by atoms with Gasteiger partial charge in [-0.1, -0.05) is 0 Å². The number of aromatic hydroxyl groups is 1. The van der Waals surface area contributed by atoms with Gasteiger partial charge in [0.25, 0.3) is 5.91 Å². The second-order valence-corrected chi connectivity index (χ2v) is 5.13. The van der Waals surface area contributed by atoms with Gasteiger partial charge in [0.1, 0.15) is 5.75 Å². The highest BCUT2D eigenvalue weighted by Crippen LogP contribution is 2.15. The van der Waals surface area contributed by atoms with Crippen LogP contribution in [0.3, 0.4) is 0 Å². The number of rotatable bonds is 4. The van der Waals surface area contributed by atoms with Crippen molar-refractivity contribution in [1.29, 1.82) is 0 Å². The largest absolute Gasteiger partial charge is 0.505 e. The van der Waals surface area contributed by atoms with Crippen molar-refractivity contribution in [3.8, 4) is 5.75 Å². The molecule has 20 heavy (non-hydrogen) atoms. The van der Waals surface area contributed by atoms with E-state index in [1.807, 2.05) is 6.92 Å². The molecule has 2 heterocycles. The first-order valence-electron chi connectivity index (χ1n) is 6.83. The predicted octanol–water partition coefficient (Wildman–Crippen LogP) is 0.546. The topological polar surface area (TPSA) is 74.7 Å². The average Bonchev–Trinajstić information content (AvgIpc) is 2.42. The lowest BCUT2D eigenvalue weighted by molar-refractivity contribution is 0.0342. The number of morpholine rings is 1. The Morgan fingerprint density at radius 3 is 2.95 bits per heavy atom. The van der Waals surface area contributed by atoms with Crippen LogP contribution in [0.5, 0.6) is 5.75 Å². The maximum absolute atomic E-state index is 12.1. The monoisotopic (exact) mass is 279 g/mol. The van der Waals surface area contributed by atoms with Gasteiger partial charge in [0.05, 0.1) is 25.0 Å². The van der Waals surface area contributed by atoms with E-state index >= 15 is 0 Å². The summed E-state index contributed by atoms with van der Waals surface area (Å²) in [7, 11) is 0. The molecule has 2 N–H and O–H groups in total. The van der Waals surface area contributed by atoms with Gasteiger partial charge >= 0.3 is 0 Å². The molecule has 2 rings (SSSR count). The van der Waals surface area contributed by atoms with Gasteiger partial charge in [0.2, 0.25) is 0 Å². The van der Waals surface area contributed by atoms with E-state index in [2.05, 4.69) is 15.2 Å². The summed E-state index contributed by atoms with van der Waals surface area (Å²) in [6, 6.07) is 1.60. The number of aryl methyl sites for hydroxylation is 1. The van der Waals surface area contributed by atoms with Crippen molar-refractivity contribution in [2.24, 2.45) is 0 Å². The van der Waals surface area contributed by atoms with Crippen LogP contribution >= 0.6 is 0 Å². The molecule has 1 aromatic heterocycles. The average molecular weight is 279 g/mol. The number of nitrogens with zero attached hydrogens (tertiary/aromatic N) is 2. The Balaban J connectivity index is 1.91. The zero-order valence-electron chi connectivity index (χ0n) is 11.9. The van der Waals surface area contributed by atoms with Gasteiger partial charge in [-0.25, -0.2) is 0 Å². The normalized spacial score (nSPS) is 17.7. The van der Waals surface area contributed by atoms with E-state index < -0.39 is 0 Å². The fraction of sp³-hybridized carbons (Fsp3) is 0.571. The molecule has 1 fully saturated rings. The first-order chi connectivity index (χ1) is 9.56. The van der Waals surface area contributed by atoms with Crippen molar-refractivity contribution in [1.82, 2.24) is 15.2 Å². The third-order valence-electron chi connectivity index (χ3n) is 3.28. The molecule has 1 saturated heterocycles. The Morgan fingerprint density at radius 2 is 2.25 bits per heavy atom. The van der Waals surface area contributed by atoms with E-state index in [1.54, 1.807) is 13.0 Å². The Labute approximate surface area is 118 Å². The number of aromatic nitrogens is 1. The van der Waals surface area contributed by atoms with Crippen LogP contribution in [0.1, 0.15) is 23.0 Å². The van der Waals surface area contributed by atoms with E-state index in [0.717, 1.165) is 32.8 Å². The lowest BCUT2D eigenvalue weighted by Crippen LogP contribution is -2.46. The standard InChI is InChI=1S/C14H21N3O3/c1-10-7-12(13(18)8-15-10)14(19)16-11(2)9-17-3-5-20-6-4-17/h7-8,11,18H,3-6,9H2,1-2H3,(H,16,19). The van der Waals surface area contributed by atoms with Gasteiger partial charge in [-0.2, -0.15) is 0 Å². The first kappa shape index (κ1) is 14.7. The molecule has 0 radical (unpaired) electrons. The van der Waals surface area contributed by atoms with Gasteiger partial charge in [-0.15, -0.1) is 0 Å². The molecule has 1 atom stereocenters.